The molecule has 35 heavy (non-hydrogen) atoms. The zero-order chi connectivity index (χ0) is 25.5. The van der Waals surface area contributed by atoms with Gasteiger partial charge in [-0.15, -0.1) is 0 Å². The Kier molecular flexibility index (Phi) is 6.06. The monoisotopic (exact) mass is 482 g/mol. The molecule has 7 nitrogen and oxygen atoms in total. The average molecular weight is 482 g/mol. The van der Waals surface area contributed by atoms with E-state index < -0.39 is 29.8 Å². The highest BCUT2D eigenvalue weighted by molar-refractivity contribution is 5.96. The Labute approximate surface area is 197 Å². The summed E-state index contributed by atoms with van der Waals surface area (Å²) in [7, 11) is 0. The molecule has 0 unspecified atom stereocenters. The first kappa shape index (κ1) is 23.9. The molecule has 4 rings (SSSR count). The summed E-state index contributed by atoms with van der Waals surface area (Å²) in [6, 6.07) is 13.5. The molecule has 0 saturated carbocycles. The van der Waals surface area contributed by atoms with Crippen molar-refractivity contribution in [2.75, 3.05) is 5.32 Å². The zero-order valence-corrected chi connectivity index (χ0v) is 19.1. The van der Waals surface area contributed by atoms with Gasteiger partial charge in [0.1, 0.15) is 12.2 Å². The summed E-state index contributed by atoms with van der Waals surface area (Å²) in [5.41, 5.74) is 0.0626. The van der Waals surface area contributed by atoms with Gasteiger partial charge in [0.15, 0.2) is 5.78 Å². The van der Waals surface area contributed by atoms with Crippen molar-refractivity contribution in [1.29, 1.82) is 0 Å². The van der Waals surface area contributed by atoms with E-state index in [1.807, 2.05) is 6.92 Å². The van der Waals surface area contributed by atoms with Crippen molar-refractivity contribution in [3.05, 3.63) is 87.3 Å². The summed E-state index contributed by atoms with van der Waals surface area (Å²) in [5, 5.41) is 6.63. The second kappa shape index (κ2) is 8.86. The van der Waals surface area contributed by atoms with E-state index in [1.165, 1.54) is 42.8 Å². The van der Waals surface area contributed by atoms with Crippen LogP contribution in [0, 0.1) is 13.8 Å². The molecule has 2 aromatic heterocycles. The number of Topliss-reactive ketones (excluding diaryl/α,β-unsaturated/α-hetero) is 1. The number of halogens is 3. The number of nitrogens with zero attached hydrogens (tertiary/aromatic N) is 3. The third kappa shape index (κ3) is 4.72. The van der Waals surface area contributed by atoms with Gasteiger partial charge in [0, 0.05) is 17.3 Å². The number of pyridine rings is 1. The SMILES string of the molecule is CC(=O)c1ccc(NC(=O)Cn2c(=O)cc(C(F)(F)F)c3c(C)nn(-c4ccc(C)cc4)c32)cc1. The topological polar surface area (TPSA) is 86.0 Å². The minimum Gasteiger partial charge on any atom is -0.325 e. The number of nitrogens with one attached hydrogen (secondary N) is 1. The number of aromatic nitrogens is 3. The summed E-state index contributed by atoms with van der Waals surface area (Å²) in [6.07, 6.45) is -4.79. The first-order valence-electron chi connectivity index (χ1n) is 10.6. The van der Waals surface area contributed by atoms with Crippen LogP contribution in [0.4, 0.5) is 18.9 Å². The van der Waals surface area contributed by atoms with Crippen LogP contribution in [0.2, 0.25) is 0 Å². The zero-order valence-electron chi connectivity index (χ0n) is 19.1. The Morgan fingerprint density at radius 2 is 1.63 bits per heavy atom. The van der Waals surface area contributed by atoms with Crippen LogP contribution >= 0.6 is 0 Å². The number of ketones is 1. The average Bonchev–Trinajstić information content (AvgIpc) is 3.12. The molecule has 2 heterocycles. The maximum atomic E-state index is 13.8. The van der Waals surface area contributed by atoms with Crippen LogP contribution in [-0.4, -0.2) is 26.0 Å². The summed E-state index contributed by atoms with van der Waals surface area (Å²) in [6.45, 7) is 4.16. The number of anilines is 1. The second-order valence-corrected chi connectivity index (χ2v) is 8.19. The van der Waals surface area contributed by atoms with Crippen LogP contribution in [0.1, 0.15) is 34.1 Å². The Morgan fingerprint density at radius 3 is 2.20 bits per heavy atom. The number of amides is 1. The first-order valence-corrected chi connectivity index (χ1v) is 10.6. The number of benzene rings is 2. The molecule has 180 valence electrons. The fraction of sp³-hybridized carbons (Fsp3) is 0.200. The number of alkyl halides is 3. The van der Waals surface area contributed by atoms with Crippen LogP contribution < -0.4 is 10.9 Å². The predicted molar refractivity (Wildman–Crippen MR) is 125 cm³/mol. The molecule has 1 N–H and O–H groups in total. The molecular formula is C25H21F3N4O3. The molecule has 0 saturated heterocycles. The van der Waals surface area contributed by atoms with Crippen molar-refractivity contribution >= 4 is 28.4 Å². The van der Waals surface area contributed by atoms with E-state index in [0.29, 0.717) is 23.0 Å². The van der Waals surface area contributed by atoms with E-state index in [4.69, 9.17) is 0 Å². The minimum atomic E-state index is -4.79. The molecule has 0 aliphatic carbocycles. The van der Waals surface area contributed by atoms with Gasteiger partial charge in [-0.2, -0.15) is 18.3 Å². The molecule has 4 aromatic rings. The van der Waals surface area contributed by atoms with Gasteiger partial charge in [0.2, 0.25) is 5.91 Å². The van der Waals surface area contributed by atoms with Gasteiger partial charge in [0.25, 0.3) is 5.56 Å². The van der Waals surface area contributed by atoms with E-state index >= 15 is 0 Å². The van der Waals surface area contributed by atoms with E-state index in [-0.39, 0.29) is 22.5 Å². The van der Waals surface area contributed by atoms with Gasteiger partial charge in [0.05, 0.1) is 22.3 Å². The number of hydrogen-bond acceptors (Lipinski definition) is 4. The quantitative estimate of drug-likeness (QED) is 0.419. The highest BCUT2D eigenvalue weighted by Gasteiger charge is 2.36. The fourth-order valence-corrected chi connectivity index (χ4v) is 3.83. The highest BCUT2D eigenvalue weighted by Crippen LogP contribution is 2.36. The molecule has 0 atom stereocenters. The number of fused-ring (bicyclic) bond motifs is 1. The minimum absolute atomic E-state index is 0.0712. The molecule has 0 fully saturated rings. The Bertz CT molecular complexity index is 1500. The maximum absolute atomic E-state index is 13.8. The molecular weight excluding hydrogens is 461 g/mol. The molecule has 0 bridgehead atoms. The number of rotatable bonds is 5. The second-order valence-electron chi connectivity index (χ2n) is 8.19. The first-order chi connectivity index (χ1) is 16.5. The van der Waals surface area contributed by atoms with Crippen LogP contribution in [0.15, 0.2) is 59.4 Å². The lowest BCUT2D eigenvalue weighted by Crippen LogP contribution is -2.30. The van der Waals surface area contributed by atoms with E-state index in [0.717, 1.165) is 10.1 Å². The summed E-state index contributed by atoms with van der Waals surface area (Å²) in [4.78, 5) is 37.1. The lowest BCUT2D eigenvalue weighted by Gasteiger charge is -2.15. The van der Waals surface area contributed by atoms with Gasteiger partial charge in [-0.05, 0) is 57.2 Å². The van der Waals surface area contributed by atoms with Crippen molar-refractivity contribution in [1.82, 2.24) is 14.3 Å². The maximum Gasteiger partial charge on any atom is 0.417 e. The normalized spacial score (nSPS) is 11.6. The van der Waals surface area contributed by atoms with Crippen LogP contribution in [-0.2, 0) is 17.5 Å². The van der Waals surface area contributed by atoms with Crippen molar-refractivity contribution in [3.63, 3.8) is 0 Å². The predicted octanol–water partition coefficient (Wildman–Crippen LogP) is 4.66. The van der Waals surface area contributed by atoms with Gasteiger partial charge in [-0.3, -0.25) is 19.0 Å². The third-order valence-corrected chi connectivity index (χ3v) is 5.56. The molecule has 0 spiro atoms. The van der Waals surface area contributed by atoms with Crippen molar-refractivity contribution in [3.8, 4) is 5.69 Å². The van der Waals surface area contributed by atoms with Gasteiger partial charge in [-0.25, -0.2) is 4.68 Å². The van der Waals surface area contributed by atoms with Crippen molar-refractivity contribution in [2.24, 2.45) is 0 Å². The molecule has 0 radical (unpaired) electrons. The standard InChI is InChI=1S/C25H21F3N4O3/c1-14-4-10-19(11-5-14)32-24-23(15(2)30-32)20(25(26,27)28)12-22(35)31(24)13-21(34)29-18-8-6-17(7-9-18)16(3)33/h4-12H,13H2,1-3H3,(H,29,34). The van der Waals surface area contributed by atoms with Gasteiger partial charge in [-0.1, -0.05) is 17.7 Å². The van der Waals surface area contributed by atoms with Crippen molar-refractivity contribution in [2.45, 2.75) is 33.5 Å². The van der Waals surface area contributed by atoms with Gasteiger partial charge >= 0.3 is 6.18 Å². The van der Waals surface area contributed by atoms with E-state index in [9.17, 15) is 27.6 Å². The number of carbonyl (C=O) groups is 2. The molecule has 0 aliphatic rings. The number of aryl methyl sites for hydroxylation is 2. The lowest BCUT2D eigenvalue weighted by atomic mass is 10.1. The Morgan fingerprint density at radius 1 is 1.00 bits per heavy atom. The number of carbonyl (C=O) groups excluding carboxylic acids is 2. The van der Waals surface area contributed by atoms with E-state index in [1.54, 1.807) is 24.3 Å². The van der Waals surface area contributed by atoms with Crippen LogP contribution in [0.5, 0.6) is 0 Å². The molecule has 0 aliphatic heterocycles. The smallest absolute Gasteiger partial charge is 0.325 e. The van der Waals surface area contributed by atoms with E-state index in [2.05, 4.69) is 10.4 Å². The number of hydrogen-bond donors (Lipinski definition) is 1. The van der Waals surface area contributed by atoms with Crippen LogP contribution in [0.3, 0.4) is 0 Å². The fourth-order valence-electron chi connectivity index (χ4n) is 3.83. The third-order valence-electron chi connectivity index (χ3n) is 5.56. The Hall–Kier alpha value is -4.21. The largest absolute Gasteiger partial charge is 0.417 e. The Balaban J connectivity index is 1.83. The summed E-state index contributed by atoms with van der Waals surface area (Å²) in [5.74, 6) is -0.764. The summed E-state index contributed by atoms with van der Waals surface area (Å²) < 4.78 is 43.7. The summed E-state index contributed by atoms with van der Waals surface area (Å²) >= 11 is 0. The van der Waals surface area contributed by atoms with Crippen molar-refractivity contribution < 1.29 is 22.8 Å². The molecule has 1 amide bonds. The highest BCUT2D eigenvalue weighted by atomic mass is 19.4. The van der Waals surface area contributed by atoms with Crippen LogP contribution in [0.25, 0.3) is 16.7 Å². The molecule has 10 heteroatoms. The lowest BCUT2D eigenvalue weighted by molar-refractivity contribution is -0.136. The molecule has 2 aromatic carbocycles. The van der Waals surface area contributed by atoms with Gasteiger partial charge < -0.3 is 5.32 Å².